The Bertz CT molecular complexity index is 725. The number of benzene rings is 1. The molecule has 9 heteroatoms. The van der Waals surface area contributed by atoms with Gasteiger partial charge in [0, 0.05) is 19.2 Å². The zero-order valence-electron chi connectivity index (χ0n) is 12.0. The number of nitro benzene ring substituents is 1. The number of carbonyl (C=O) groups is 1. The topological polar surface area (TPSA) is 105 Å². The number of nitrogens with zero attached hydrogens (tertiary/aromatic N) is 3. The molecule has 3 rings (SSSR count). The highest BCUT2D eigenvalue weighted by Crippen LogP contribution is 2.32. The molecule has 2 heterocycles. The van der Waals surface area contributed by atoms with E-state index in [4.69, 9.17) is 4.74 Å². The summed E-state index contributed by atoms with van der Waals surface area (Å²) in [6, 6.07) is 3.97. The van der Waals surface area contributed by atoms with E-state index in [1.807, 2.05) is 4.90 Å². The zero-order chi connectivity index (χ0) is 16.4. The summed E-state index contributed by atoms with van der Waals surface area (Å²) in [6.07, 6.45) is 1.54. The first-order valence-corrected chi connectivity index (χ1v) is 7.69. The molecule has 23 heavy (non-hydrogen) atoms. The van der Waals surface area contributed by atoms with Crippen molar-refractivity contribution in [3.63, 3.8) is 0 Å². The Hall–Kier alpha value is -2.39. The van der Waals surface area contributed by atoms with E-state index in [-0.39, 0.29) is 5.91 Å². The quantitative estimate of drug-likeness (QED) is 0.497. The molecule has 0 unspecified atom stereocenters. The normalized spacial score (nSPS) is 20.0. The van der Waals surface area contributed by atoms with Gasteiger partial charge >= 0.3 is 5.69 Å². The number of aliphatic imine (C=N–C) groups is 1. The highest BCUT2D eigenvalue weighted by atomic mass is 32.2. The van der Waals surface area contributed by atoms with Crippen LogP contribution in [0.1, 0.15) is 5.56 Å². The Labute approximate surface area is 135 Å². The molecule has 1 N–H and O–H groups in total. The third-order valence-corrected chi connectivity index (χ3v) is 4.43. The van der Waals surface area contributed by atoms with Crippen LogP contribution in [0, 0.1) is 10.1 Å². The Morgan fingerprint density at radius 2 is 2.13 bits per heavy atom. The molecule has 1 saturated heterocycles. The number of thioether (sulfide) groups is 1. The number of aromatic hydroxyl groups is 1. The fraction of sp³-hybridized carbons (Fsp3) is 0.286. The number of ether oxygens (including phenoxy) is 1. The van der Waals surface area contributed by atoms with Crippen LogP contribution >= 0.6 is 11.8 Å². The molecule has 8 nitrogen and oxygen atoms in total. The van der Waals surface area contributed by atoms with Crippen LogP contribution in [0.5, 0.6) is 5.75 Å². The molecule has 2 aliphatic heterocycles. The van der Waals surface area contributed by atoms with Crippen molar-refractivity contribution in [3.8, 4) is 5.75 Å². The number of nitro groups is 1. The predicted molar refractivity (Wildman–Crippen MR) is 85.2 cm³/mol. The number of amides is 1. The van der Waals surface area contributed by atoms with Crippen molar-refractivity contribution in [1.29, 1.82) is 0 Å². The first kappa shape index (κ1) is 15.5. The summed E-state index contributed by atoms with van der Waals surface area (Å²) in [7, 11) is 0. The number of morpholine rings is 1. The highest BCUT2D eigenvalue weighted by Gasteiger charge is 2.27. The summed E-state index contributed by atoms with van der Waals surface area (Å²) >= 11 is 1.24. The number of hydrogen-bond donors (Lipinski definition) is 1. The standard InChI is InChI=1S/C14H13N3O5S/c18-11-2-1-9(7-10(11)17(20)21)8-12-13(19)15-14(23-12)16-3-5-22-6-4-16/h1-2,7-8,18H,3-6H2/b12-8+. The minimum absolute atomic E-state index is 0.368. The summed E-state index contributed by atoms with van der Waals surface area (Å²) in [6.45, 7) is 2.54. The van der Waals surface area contributed by atoms with Crippen molar-refractivity contribution in [3.05, 3.63) is 38.8 Å². The van der Waals surface area contributed by atoms with E-state index in [9.17, 15) is 20.0 Å². The molecular weight excluding hydrogens is 322 g/mol. The van der Waals surface area contributed by atoms with Gasteiger partial charge in [0.25, 0.3) is 5.91 Å². The summed E-state index contributed by atoms with van der Waals surface area (Å²) in [5.41, 5.74) is 0.0629. The molecular formula is C14H13N3O5S. The number of rotatable bonds is 2. The van der Waals surface area contributed by atoms with Gasteiger partial charge < -0.3 is 14.7 Å². The maximum absolute atomic E-state index is 12.0. The fourth-order valence-corrected chi connectivity index (χ4v) is 3.18. The second kappa shape index (κ2) is 6.39. The van der Waals surface area contributed by atoms with E-state index in [1.54, 1.807) is 0 Å². The van der Waals surface area contributed by atoms with Crippen molar-refractivity contribution in [2.75, 3.05) is 26.3 Å². The van der Waals surface area contributed by atoms with Gasteiger partial charge in [-0.3, -0.25) is 14.9 Å². The number of phenolic OH excluding ortho intramolecular Hbond substituents is 1. The van der Waals surface area contributed by atoms with Crippen LogP contribution in [-0.2, 0) is 9.53 Å². The van der Waals surface area contributed by atoms with Gasteiger partial charge in [-0.25, -0.2) is 0 Å². The smallest absolute Gasteiger partial charge is 0.311 e. The van der Waals surface area contributed by atoms with E-state index < -0.39 is 16.4 Å². The lowest BCUT2D eigenvalue weighted by molar-refractivity contribution is -0.385. The SMILES string of the molecule is O=C1N=C(N2CCOCC2)S/C1=C/c1ccc(O)c([N+](=O)[O-])c1. The lowest BCUT2D eigenvalue weighted by Gasteiger charge is -2.27. The number of amidine groups is 1. The van der Waals surface area contributed by atoms with Gasteiger partial charge in [-0.2, -0.15) is 4.99 Å². The molecule has 1 fully saturated rings. The average Bonchev–Trinajstić information content (AvgIpc) is 2.91. The predicted octanol–water partition coefficient (Wildman–Crippen LogP) is 1.60. The fourth-order valence-electron chi connectivity index (χ4n) is 2.22. The van der Waals surface area contributed by atoms with E-state index in [0.29, 0.717) is 41.9 Å². The molecule has 0 radical (unpaired) electrons. The van der Waals surface area contributed by atoms with Crippen LogP contribution in [0.2, 0.25) is 0 Å². The number of carbonyl (C=O) groups excluding carboxylic acids is 1. The summed E-state index contributed by atoms with van der Waals surface area (Å²) < 4.78 is 5.26. The van der Waals surface area contributed by atoms with Gasteiger partial charge in [-0.15, -0.1) is 0 Å². The minimum Gasteiger partial charge on any atom is -0.502 e. The lowest BCUT2D eigenvalue weighted by Crippen LogP contribution is -2.38. The number of phenols is 1. The van der Waals surface area contributed by atoms with Crippen LogP contribution in [0.4, 0.5) is 5.69 Å². The first-order chi connectivity index (χ1) is 11.0. The summed E-state index contributed by atoms with van der Waals surface area (Å²) in [5, 5.41) is 20.9. The third kappa shape index (κ3) is 3.35. The monoisotopic (exact) mass is 335 g/mol. The molecule has 120 valence electrons. The molecule has 0 aromatic heterocycles. The van der Waals surface area contributed by atoms with Crippen molar-refractivity contribution < 1.29 is 19.6 Å². The molecule has 0 atom stereocenters. The van der Waals surface area contributed by atoms with Crippen molar-refractivity contribution in [2.45, 2.75) is 0 Å². The molecule has 1 amide bonds. The second-order valence-corrected chi connectivity index (χ2v) is 5.92. The highest BCUT2D eigenvalue weighted by molar-refractivity contribution is 8.18. The Morgan fingerprint density at radius 3 is 2.83 bits per heavy atom. The van der Waals surface area contributed by atoms with Gasteiger partial charge in [-0.1, -0.05) is 6.07 Å². The first-order valence-electron chi connectivity index (χ1n) is 6.87. The maximum atomic E-state index is 12.0. The van der Waals surface area contributed by atoms with Crippen molar-refractivity contribution >= 4 is 34.6 Å². The van der Waals surface area contributed by atoms with Gasteiger partial charge in [0.05, 0.1) is 23.0 Å². The van der Waals surface area contributed by atoms with Crippen LogP contribution in [0.25, 0.3) is 6.08 Å². The molecule has 0 aliphatic carbocycles. The van der Waals surface area contributed by atoms with Crippen molar-refractivity contribution in [1.82, 2.24) is 4.90 Å². The van der Waals surface area contributed by atoms with Crippen LogP contribution < -0.4 is 0 Å². The van der Waals surface area contributed by atoms with E-state index in [0.717, 1.165) is 0 Å². The Kier molecular flexibility index (Phi) is 4.30. The lowest BCUT2D eigenvalue weighted by atomic mass is 10.1. The molecule has 0 spiro atoms. The maximum Gasteiger partial charge on any atom is 0.311 e. The van der Waals surface area contributed by atoms with Crippen molar-refractivity contribution in [2.24, 2.45) is 4.99 Å². The summed E-state index contributed by atoms with van der Waals surface area (Å²) in [4.78, 5) is 28.6. The van der Waals surface area contributed by atoms with E-state index >= 15 is 0 Å². The largest absolute Gasteiger partial charge is 0.502 e. The van der Waals surface area contributed by atoms with Crippen LogP contribution in [0.3, 0.4) is 0 Å². The van der Waals surface area contributed by atoms with Gasteiger partial charge in [0.15, 0.2) is 10.9 Å². The molecule has 1 aromatic carbocycles. The van der Waals surface area contributed by atoms with Crippen LogP contribution in [-0.4, -0.2) is 52.3 Å². The molecule has 0 bridgehead atoms. The molecule has 0 saturated carbocycles. The second-order valence-electron chi connectivity index (χ2n) is 4.91. The van der Waals surface area contributed by atoms with Crippen LogP contribution in [0.15, 0.2) is 28.1 Å². The number of hydrogen-bond acceptors (Lipinski definition) is 7. The molecule has 1 aromatic rings. The summed E-state index contributed by atoms with van der Waals surface area (Å²) in [5.74, 6) is -0.778. The van der Waals surface area contributed by atoms with E-state index in [1.165, 1.54) is 36.0 Å². The molecule has 2 aliphatic rings. The zero-order valence-corrected chi connectivity index (χ0v) is 12.8. The third-order valence-electron chi connectivity index (χ3n) is 3.38. The van der Waals surface area contributed by atoms with Gasteiger partial charge in [0.2, 0.25) is 0 Å². The average molecular weight is 335 g/mol. The van der Waals surface area contributed by atoms with E-state index in [2.05, 4.69) is 4.99 Å². The van der Waals surface area contributed by atoms with Gasteiger partial charge in [-0.05, 0) is 29.5 Å². The Balaban J connectivity index is 1.80. The Morgan fingerprint density at radius 1 is 1.39 bits per heavy atom. The minimum atomic E-state index is -0.670. The van der Waals surface area contributed by atoms with Gasteiger partial charge in [0.1, 0.15) is 0 Å².